The minimum Gasteiger partial charge on any atom is -0.481 e. The van der Waals surface area contributed by atoms with Crippen molar-refractivity contribution in [3.8, 4) is 5.88 Å². The number of esters is 1. The number of aromatic nitrogens is 1. The molecule has 0 saturated carbocycles. The van der Waals surface area contributed by atoms with Crippen LogP contribution < -0.4 is 10.5 Å². The fourth-order valence-corrected chi connectivity index (χ4v) is 1.47. The zero-order chi connectivity index (χ0) is 14.1. The Morgan fingerprint density at radius 3 is 2.33 bits per heavy atom. The van der Waals surface area contributed by atoms with Crippen LogP contribution in [0.1, 0.15) is 16.1 Å². The molecule has 1 rings (SSSR count). The van der Waals surface area contributed by atoms with Gasteiger partial charge in [-0.15, -0.1) is 0 Å². The van der Waals surface area contributed by atoms with Gasteiger partial charge in [-0.2, -0.15) is 13.2 Å². The summed E-state index contributed by atoms with van der Waals surface area (Å²) in [5.41, 5.74) is 2.84. The molecule has 0 aliphatic rings. The van der Waals surface area contributed by atoms with Gasteiger partial charge in [0.1, 0.15) is 5.56 Å². The molecule has 9 heteroatoms. The third kappa shape index (κ3) is 2.42. The highest BCUT2D eigenvalue weighted by Crippen LogP contribution is 2.43. The second-order valence-corrected chi connectivity index (χ2v) is 3.44. The summed E-state index contributed by atoms with van der Waals surface area (Å²) in [5.74, 6) is -1.86. The van der Waals surface area contributed by atoms with Gasteiger partial charge in [0, 0.05) is 0 Å². The molecule has 0 atom stereocenters. The molecule has 0 unspecified atom stereocenters. The Bertz CT molecular complexity index is 491. The van der Waals surface area contributed by atoms with E-state index in [1.807, 2.05) is 0 Å². The molecule has 0 spiro atoms. The van der Waals surface area contributed by atoms with Crippen LogP contribution >= 0.6 is 11.6 Å². The van der Waals surface area contributed by atoms with Crippen molar-refractivity contribution in [2.75, 3.05) is 20.0 Å². The van der Waals surface area contributed by atoms with Crippen molar-refractivity contribution in [3.63, 3.8) is 0 Å². The van der Waals surface area contributed by atoms with Crippen molar-refractivity contribution in [2.45, 2.75) is 6.18 Å². The SMILES string of the molecule is COC(=O)c1nc(OC)c(C(F)(F)F)c(Cl)c1N. The largest absolute Gasteiger partial charge is 0.481 e. The number of carbonyl (C=O) groups is 1. The van der Waals surface area contributed by atoms with E-state index in [2.05, 4.69) is 14.5 Å². The molecule has 0 aliphatic heterocycles. The topological polar surface area (TPSA) is 74.4 Å². The number of nitrogen functional groups attached to an aromatic ring is 1. The lowest BCUT2D eigenvalue weighted by Crippen LogP contribution is -2.16. The summed E-state index contributed by atoms with van der Waals surface area (Å²) < 4.78 is 46.9. The highest BCUT2D eigenvalue weighted by molar-refractivity contribution is 6.34. The van der Waals surface area contributed by atoms with Crippen LogP contribution in [0.2, 0.25) is 5.02 Å². The van der Waals surface area contributed by atoms with Crippen molar-refractivity contribution in [1.29, 1.82) is 0 Å². The number of pyridine rings is 1. The number of rotatable bonds is 2. The third-order valence-electron chi connectivity index (χ3n) is 1.99. The predicted octanol–water partition coefficient (Wildman–Crippen LogP) is 2.13. The van der Waals surface area contributed by atoms with E-state index in [0.29, 0.717) is 0 Å². The zero-order valence-corrected chi connectivity index (χ0v) is 10.0. The number of hydrogen-bond donors (Lipinski definition) is 1. The lowest BCUT2D eigenvalue weighted by atomic mass is 10.2. The number of alkyl halides is 3. The number of methoxy groups -OCH3 is 2. The Balaban J connectivity index is 3.60. The average molecular weight is 285 g/mol. The molecule has 0 radical (unpaired) electrons. The van der Waals surface area contributed by atoms with Gasteiger partial charge in [-0.05, 0) is 0 Å². The highest BCUT2D eigenvalue weighted by Gasteiger charge is 2.40. The fourth-order valence-electron chi connectivity index (χ4n) is 1.20. The number of nitrogens with two attached hydrogens (primary N) is 1. The van der Waals surface area contributed by atoms with E-state index >= 15 is 0 Å². The van der Waals surface area contributed by atoms with E-state index in [0.717, 1.165) is 14.2 Å². The summed E-state index contributed by atoms with van der Waals surface area (Å²) in [6.45, 7) is 0. The van der Waals surface area contributed by atoms with Crippen molar-refractivity contribution in [2.24, 2.45) is 0 Å². The van der Waals surface area contributed by atoms with E-state index in [1.54, 1.807) is 0 Å². The van der Waals surface area contributed by atoms with E-state index in [9.17, 15) is 18.0 Å². The summed E-state index contributed by atoms with van der Waals surface area (Å²) in [6.07, 6.45) is -4.81. The first-order valence-electron chi connectivity index (χ1n) is 4.42. The first-order valence-corrected chi connectivity index (χ1v) is 4.80. The first kappa shape index (κ1) is 14.4. The van der Waals surface area contributed by atoms with Crippen molar-refractivity contribution in [1.82, 2.24) is 4.98 Å². The predicted molar refractivity (Wildman–Crippen MR) is 56.6 cm³/mol. The number of carbonyl (C=O) groups excluding carboxylic acids is 1. The van der Waals surface area contributed by atoms with Crippen LogP contribution in [0.3, 0.4) is 0 Å². The van der Waals surface area contributed by atoms with Gasteiger partial charge in [-0.25, -0.2) is 9.78 Å². The standard InChI is InChI=1S/C9H8ClF3N2O3/c1-17-7-3(9(11,12)13)4(10)5(14)6(15-7)8(16)18-2/h14H2,1-2H3. The molecule has 1 aromatic heterocycles. The van der Waals surface area contributed by atoms with Crippen LogP contribution in [-0.2, 0) is 10.9 Å². The van der Waals surface area contributed by atoms with E-state index in [-0.39, 0.29) is 0 Å². The first-order chi connectivity index (χ1) is 8.23. The molecule has 100 valence electrons. The molecule has 5 nitrogen and oxygen atoms in total. The second-order valence-electron chi connectivity index (χ2n) is 3.06. The fraction of sp³-hybridized carbons (Fsp3) is 0.333. The minimum atomic E-state index is -4.81. The van der Waals surface area contributed by atoms with Crippen LogP contribution in [0.4, 0.5) is 18.9 Å². The zero-order valence-electron chi connectivity index (χ0n) is 9.26. The molecule has 1 aromatic rings. The Labute approximate surface area is 105 Å². The molecule has 18 heavy (non-hydrogen) atoms. The summed E-state index contributed by atoms with van der Waals surface area (Å²) in [4.78, 5) is 14.6. The lowest BCUT2D eigenvalue weighted by Gasteiger charge is -2.15. The summed E-state index contributed by atoms with van der Waals surface area (Å²) in [6, 6.07) is 0. The smallest absolute Gasteiger partial charge is 0.423 e. The molecule has 0 amide bonds. The monoisotopic (exact) mass is 284 g/mol. The van der Waals surface area contributed by atoms with Gasteiger partial charge < -0.3 is 15.2 Å². The van der Waals surface area contributed by atoms with Crippen molar-refractivity contribution >= 4 is 23.3 Å². The molecule has 0 saturated heterocycles. The van der Waals surface area contributed by atoms with Crippen LogP contribution in [0, 0.1) is 0 Å². The molecule has 2 N–H and O–H groups in total. The Hall–Kier alpha value is -1.70. The van der Waals surface area contributed by atoms with Gasteiger partial charge in [-0.3, -0.25) is 0 Å². The maximum absolute atomic E-state index is 12.7. The maximum atomic E-state index is 12.7. The molecule has 0 aromatic carbocycles. The van der Waals surface area contributed by atoms with E-state index in [1.165, 1.54) is 0 Å². The molecular weight excluding hydrogens is 277 g/mol. The maximum Gasteiger partial charge on any atom is 0.423 e. The van der Waals surface area contributed by atoms with Crippen molar-refractivity contribution < 1.29 is 27.4 Å². The third-order valence-corrected chi connectivity index (χ3v) is 2.39. The van der Waals surface area contributed by atoms with Gasteiger partial charge in [0.15, 0.2) is 5.69 Å². The Morgan fingerprint density at radius 2 is 1.94 bits per heavy atom. The number of nitrogens with zero attached hydrogens (tertiary/aromatic N) is 1. The van der Waals surface area contributed by atoms with Gasteiger partial charge in [0.2, 0.25) is 5.88 Å². The van der Waals surface area contributed by atoms with Crippen molar-refractivity contribution in [3.05, 3.63) is 16.3 Å². The molecule has 0 aliphatic carbocycles. The Kier molecular flexibility index (Phi) is 3.90. The van der Waals surface area contributed by atoms with Gasteiger partial charge in [0.05, 0.1) is 24.9 Å². The average Bonchev–Trinajstić information content (AvgIpc) is 2.29. The number of halogens is 4. The minimum absolute atomic E-state index is 0.535. The highest BCUT2D eigenvalue weighted by atomic mass is 35.5. The van der Waals surface area contributed by atoms with E-state index < -0.39 is 40.0 Å². The quantitative estimate of drug-likeness (QED) is 0.842. The van der Waals surface area contributed by atoms with Crippen LogP contribution in [0.5, 0.6) is 5.88 Å². The molecule has 0 fully saturated rings. The van der Waals surface area contributed by atoms with Crippen LogP contribution in [0.15, 0.2) is 0 Å². The lowest BCUT2D eigenvalue weighted by molar-refractivity contribution is -0.139. The van der Waals surface area contributed by atoms with Crippen LogP contribution in [-0.4, -0.2) is 25.2 Å². The van der Waals surface area contributed by atoms with Gasteiger partial charge in [-0.1, -0.05) is 11.6 Å². The molecule has 0 bridgehead atoms. The Morgan fingerprint density at radius 1 is 1.39 bits per heavy atom. The normalized spacial score (nSPS) is 11.2. The molecule has 1 heterocycles. The number of anilines is 1. The second kappa shape index (κ2) is 4.89. The summed E-state index contributed by atoms with van der Waals surface area (Å²) in [5, 5.41) is -0.852. The number of hydrogen-bond acceptors (Lipinski definition) is 5. The van der Waals surface area contributed by atoms with E-state index in [4.69, 9.17) is 17.3 Å². The molecular formula is C9H8ClF3N2O3. The van der Waals surface area contributed by atoms with Crippen LogP contribution in [0.25, 0.3) is 0 Å². The number of ether oxygens (including phenoxy) is 2. The summed E-state index contributed by atoms with van der Waals surface area (Å²) >= 11 is 5.50. The van der Waals surface area contributed by atoms with Gasteiger partial charge >= 0.3 is 12.1 Å². The van der Waals surface area contributed by atoms with Gasteiger partial charge in [0.25, 0.3) is 0 Å². The summed E-state index contributed by atoms with van der Waals surface area (Å²) in [7, 11) is 1.99.